The van der Waals surface area contributed by atoms with Gasteiger partial charge in [-0.15, -0.1) is 11.3 Å². The maximum Gasteiger partial charge on any atom is 0.326 e. The van der Waals surface area contributed by atoms with Crippen molar-refractivity contribution in [2.45, 2.75) is 49.6 Å². The van der Waals surface area contributed by atoms with Crippen LogP contribution in [0.15, 0.2) is 63.9 Å². The highest BCUT2D eigenvalue weighted by molar-refractivity contribution is 7.98. The molecule has 0 saturated carbocycles. The van der Waals surface area contributed by atoms with E-state index in [1.807, 2.05) is 17.5 Å². The predicted molar refractivity (Wildman–Crippen MR) is 207 cm³/mol. The third-order valence-corrected chi connectivity index (χ3v) is 10.0. The number of thioether (sulfide) groups is 1. The lowest BCUT2D eigenvalue weighted by molar-refractivity contribution is -0.143. The summed E-state index contributed by atoms with van der Waals surface area (Å²) in [5, 5.41) is 39.3. The van der Waals surface area contributed by atoms with E-state index in [1.165, 1.54) is 23.1 Å². The van der Waals surface area contributed by atoms with Crippen LogP contribution in [0.3, 0.4) is 0 Å². The Morgan fingerprint density at radius 1 is 1.06 bits per heavy atom. The highest BCUT2D eigenvalue weighted by atomic mass is 35.5. The molecular formula is C36H39ClN10O4S2. The molecule has 4 aromatic rings. The summed E-state index contributed by atoms with van der Waals surface area (Å²) in [6.07, 6.45) is 0.837. The molecule has 0 unspecified atom stereocenters. The van der Waals surface area contributed by atoms with Crippen LogP contribution in [-0.2, 0) is 15.3 Å². The number of hydrogen-bond acceptors (Lipinski definition) is 12. The average Bonchev–Trinajstić information content (AvgIpc) is 3.61. The number of nitrogens with two attached hydrogens (primary N) is 3. The van der Waals surface area contributed by atoms with Crippen molar-refractivity contribution in [1.29, 1.82) is 10.5 Å². The van der Waals surface area contributed by atoms with Gasteiger partial charge < -0.3 is 37.7 Å². The van der Waals surface area contributed by atoms with E-state index in [9.17, 15) is 25.2 Å². The zero-order valence-corrected chi connectivity index (χ0v) is 31.4. The maximum atomic E-state index is 13.0. The van der Waals surface area contributed by atoms with E-state index in [0.29, 0.717) is 52.1 Å². The Morgan fingerprint density at radius 2 is 1.74 bits per heavy atom. The first-order valence-corrected chi connectivity index (χ1v) is 18.7. The van der Waals surface area contributed by atoms with Crippen LogP contribution in [0, 0.1) is 28.6 Å². The number of carboxylic acid groups (broad SMARTS) is 1. The Morgan fingerprint density at radius 3 is 2.36 bits per heavy atom. The van der Waals surface area contributed by atoms with E-state index >= 15 is 0 Å². The molecule has 4 rings (SSSR count). The number of nitriles is 2. The lowest BCUT2D eigenvalue weighted by Crippen LogP contribution is -2.52. The zero-order valence-electron chi connectivity index (χ0n) is 29.0. The van der Waals surface area contributed by atoms with Crippen molar-refractivity contribution in [3.8, 4) is 39.6 Å². The second-order valence-electron chi connectivity index (χ2n) is 12.0. The van der Waals surface area contributed by atoms with Crippen molar-refractivity contribution >= 4 is 58.4 Å². The van der Waals surface area contributed by atoms with E-state index in [0.717, 1.165) is 16.3 Å². The van der Waals surface area contributed by atoms with Gasteiger partial charge >= 0.3 is 5.97 Å². The Hall–Kier alpha value is -5.39. The molecule has 2 aromatic heterocycles. The fraction of sp³-hybridized carbons (Fsp3) is 0.306. The molecule has 2 heterocycles. The second-order valence-corrected chi connectivity index (χ2v) is 14.2. The third-order valence-electron chi connectivity index (χ3n) is 7.81. The number of nitrogens with zero attached hydrogens (tertiary/aromatic N) is 5. The first-order valence-electron chi connectivity index (χ1n) is 16.4. The van der Waals surface area contributed by atoms with Crippen LogP contribution in [0.1, 0.15) is 43.5 Å². The first kappa shape index (κ1) is 40.4. The van der Waals surface area contributed by atoms with Gasteiger partial charge in [0.05, 0.1) is 17.3 Å². The highest BCUT2D eigenvalue weighted by Gasteiger charge is 2.27. The average molecular weight is 775 g/mol. The molecule has 17 heteroatoms. The molecule has 53 heavy (non-hydrogen) atoms. The summed E-state index contributed by atoms with van der Waals surface area (Å²) in [6, 6.07) is 16.8. The molecule has 0 aliphatic carbocycles. The minimum Gasteiger partial charge on any atom is -0.492 e. The smallest absolute Gasteiger partial charge is 0.326 e. The topological polar surface area (TPSA) is 251 Å². The maximum absolute atomic E-state index is 13.0. The van der Waals surface area contributed by atoms with Crippen LogP contribution in [0.4, 0.5) is 5.82 Å². The van der Waals surface area contributed by atoms with Gasteiger partial charge in [-0.25, -0.2) is 14.8 Å². The summed E-state index contributed by atoms with van der Waals surface area (Å²) < 4.78 is 5.90. The lowest BCUT2D eigenvalue weighted by atomic mass is 9.97. The van der Waals surface area contributed by atoms with Crippen molar-refractivity contribution < 1.29 is 19.4 Å². The van der Waals surface area contributed by atoms with Gasteiger partial charge in [0.15, 0.2) is 5.96 Å². The van der Waals surface area contributed by atoms with Crippen LogP contribution in [-0.4, -0.2) is 64.7 Å². The Bertz CT molecular complexity index is 2000. The summed E-state index contributed by atoms with van der Waals surface area (Å²) in [5.74, 6) is -1.00. The number of thiazole rings is 1. The largest absolute Gasteiger partial charge is 0.492 e. The molecule has 0 aliphatic heterocycles. The van der Waals surface area contributed by atoms with Gasteiger partial charge in [-0.05, 0) is 48.6 Å². The number of nitrogens with one attached hydrogen (secondary N) is 2. The predicted octanol–water partition coefficient (Wildman–Crippen LogP) is 4.76. The molecule has 14 nitrogen and oxygen atoms in total. The molecule has 9 N–H and O–H groups in total. The monoisotopic (exact) mass is 774 g/mol. The van der Waals surface area contributed by atoms with E-state index in [4.69, 9.17) is 38.5 Å². The SMILES string of the molecule is CC(C)[C@H](NC(=O)[C@H](CCCN=C(N)N)NCCOc1ccc(-c2c(C#N)c(N)nc(SCc3csc(-c4ccc(Cl)cc4)n3)c2C#N)cc1)C(=O)O. The number of amides is 1. The zero-order chi connectivity index (χ0) is 38.5. The summed E-state index contributed by atoms with van der Waals surface area (Å²) in [6.45, 7) is 4.18. The van der Waals surface area contributed by atoms with E-state index in [-0.39, 0.29) is 42.0 Å². The minimum absolute atomic E-state index is 0.00971. The number of pyridine rings is 1. The number of carboxylic acids is 1. The molecule has 2 atom stereocenters. The third kappa shape index (κ3) is 11.3. The van der Waals surface area contributed by atoms with Gasteiger partial charge in [0.2, 0.25) is 5.91 Å². The number of anilines is 1. The van der Waals surface area contributed by atoms with Gasteiger partial charge in [0.1, 0.15) is 52.0 Å². The number of aliphatic imine (C=N–C) groups is 1. The normalized spacial score (nSPS) is 12.0. The Balaban J connectivity index is 1.43. The number of ether oxygens (including phenoxy) is 1. The number of carbonyl (C=O) groups is 2. The van der Waals surface area contributed by atoms with Gasteiger partial charge in [0, 0.05) is 40.4 Å². The number of carbonyl (C=O) groups excluding carboxylic acids is 1. The van der Waals surface area contributed by atoms with Crippen molar-refractivity contribution in [3.05, 3.63) is 75.8 Å². The standard InChI is InChI=1S/C36H39ClN10O4S2/c1-20(2)30(35(49)50)46-32(48)28(4-3-13-44-36(41)42)43-14-15-51-25-11-7-21(8-12-25)29-26(16-38)31(40)47-34(27(29)17-39)53-19-24-18-52-33(45-24)22-5-9-23(37)10-6-22/h5-12,18,20,28,30,43H,3-4,13-15,19H2,1-2H3,(H2,40,47)(H,46,48)(H,49,50)(H4,41,42,44)/t28-,30-/m0/s1. The second kappa shape index (κ2) is 19.4. The van der Waals surface area contributed by atoms with Gasteiger partial charge in [-0.2, -0.15) is 10.5 Å². The fourth-order valence-electron chi connectivity index (χ4n) is 5.15. The highest BCUT2D eigenvalue weighted by Crippen LogP contribution is 2.37. The minimum atomic E-state index is -1.12. The quantitative estimate of drug-likeness (QED) is 0.0346. The van der Waals surface area contributed by atoms with E-state index in [2.05, 4.69) is 32.7 Å². The number of aliphatic carboxylic acids is 1. The van der Waals surface area contributed by atoms with Crippen LogP contribution in [0.5, 0.6) is 5.75 Å². The van der Waals surface area contributed by atoms with Gasteiger partial charge in [-0.3, -0.25) is 9.79 Å². The Kier molecular flexibility index (Phi) is 14.8. The van der Waals surface area contributed by atoms with E-state index in [1.54, 1.807) is 50.2 Å². The molecule has 0 saturated heterocycles. The molecule has 1 amide bonds. The molecule has 0 fully saturated rings. The molecule has 0 aliphatic rings. The Labute approximate surface area is 320 Å². The molecule has 0 bridgehead atoms. The summed E-state index contributed by atoms with van der Waals surface area (Å²) in [7, 11) is 0. The molecule has 0 spiro atoms. The number of halogens is 1. The van der Waals surface area contributed by atoms with E-state index < -0.39 is 24.0 Å². The molecule has 0 radical (unpaired) electrons. The van der Waals surface area contributed by atoms with Gasteiger partial charge in [0.25, 0.3) is 0 Å². The first-order chi connectivity index (χ1) is 25.4. The number of benzene rings is 2. The van der Waals surface area contributed by atoms with Crippen molar-refractivity contribution in [3.63, 3.8) is 0 Å². The fourth-order valence-corrected chi connectivity index (χ4v) is 7.09. The molecule has 276 valence electrons. The molecular weight excluding hydrogens is 736 g/mol. The number of hydrogen-bond donors (Lipinski definition) is 6. The molecule has 2 aromatic carbocycles. The van der Waals surface area contributed by atoms with Crippen molar-refractivity contribution in [2.75, 3.05) is 25.4 Å². The van der Waals surface area contributed by atoms with Crippen molar-refractivity contribution in [1.82, 2.24) is 20.6 Å². The van der Waals surface area contributed by atoms with Crippen molar-refractivity contribution in [2.24, 2.45) is 22.4 Å². The summed E-state index contributed by atoms with van der Waals surface area (Å²) in [5.41, 5.74) is 20.0. The number of nitrogen functional groups attached to an aromatic ring is 1. The number of rotatable bonds is 18. The van der Waals surface area contributed by atoms with Crippen LogP contribution < -0.4 is 32.6 Å². The van der Waals surface area contributed by atoms with Crippen LogP contribution in [0.25, 0.3) is 21.7 Å². The van der Waals surface area contributed by atoms with Crippen LogP contribution in [0.2, 0.25) is 5.02 Å². The lowest BCUT2D eigenvalue weighted by Gasteiger charge is -2.23. The summed E-state index contributed by atoms with van der Waals surface area (Å²) >= 11 is 8.82. The number of aromatic nitrogens is 2. The summed E-state index contributed by atoms with van der Waals surface area (Å²) in [4.78, 5) is 37.7. The number of guanidine groups is 1. The van der Waals surface area contributed by atoms with Gasteiger partial charge in [-0.1, -0.05) is 61.5 Å². The van der Waals surface area contributed by atoms with Crippen LogP contribution >= 0.6 is 34.7 Å².